The largest absolute Gasteiger partial charge is 0.492 e. The number of rotatable bonds is 7. The van der Waals surface area contributed by atoms with E-state index in [2.05, 4.69) is 10.3 Å². The van der Waals surface area contributed by atoms with Gasteiger partial charge >= 0.3 is 0 Å². The van der Waals surface area contributed by atoms with Crippen LogP contribution in [-0.2, 0) is 4.74 Å². The molecule has 5 nitrogen and oxygen atoms in total. The van der Waals surface area contributed by atoms with Crippen LogP contribution in [-0.4, -0.2) is 39.4 Å². The number of methoxy groups -OCH3 is 1. The number of nitrogens with two attached hydrogens (primary N) is 1. The molecule has 0 bridgehead atoms. The van der Waals surface area contributed by atoms with Crippen LogP contribution < -0.4 is 15.8 Å². The molecule has 0 unspecified atom stereocenters. The van der Waals surface area contributed by atoms with Gasteiger partial charge < -0.3 is 20.5 Å². The van der Waals surface area contributed by atoms with E-state index in [0.717, 1.165) is 5.75 Å². The van der Waals surface area contributed by atoms with Crippen LogP contribution in [0.4, 0.5) is 0 Å². The Hall–Kier alpha value is -1.02. The van der Waals surface area contributed by atoms with Crippen molar-refractivity contribution in [2.75, 3.05) is 33.4 Å². The zero-order valence-corrected chi connectivity index (χ0v) is 12.8. The number of nitrogens with zero attached hydrogens (tertiary/aromatic N) is 1. The summed E-state index contributed by atoms with van der Waals surface area (Å²) in [4.78, 5) is 4.06. The Kier molecular flexibility index (Phi) is 10.5. The summed E-state index contributed by atoms with van der Waals surface area (Å²) in [5, 5.41) is 2.96. The first-order chi connectivity index (χ1) is 8.33. The molecule has 0 saturated carbocycles. The first-order valence-electron chi connectivity index (χ1n) is 5.53. The Morgan fingerprint density at radius 2 is 2.00 bits per heavy atom. The Labute approximate surface area is 125 Å². The summed E-state index contributed by atoms with van der Waals surface area (Å²) in [5.74, 6) is 1.27. The van der Waals surface area contributed by atoms with E-state index < -0.39 is 0 Å². The van der Waals surface area contributed by atoms with E-state index in [4.69, 9.17) is 15.2 Å². The molecule has 0 aliphatic rings. The highest BCUT2D eigenvalue weighted by Crippen LogP contribution is 2.07. The lowest BCUT2D eigenvalue weighted by atomic mass is 10.3. The molecule has 0 aliphatic carbocycles. The summed E-state index contributed by atoms with van der Waals surface area (Å²) < 4.78 is 10.3. The smallest absolute Gasteiger partial charge is 0.188 e. The van der Waals surface area contributed by atoms with Gasteiger partial charge in [-0.3, -0.25) is 4.99 Å². The maximum absolute atomic E-state index is 5.62. The van der Waals surface area contributed by atoms with Crippen molar-refractivity contribution in [3.8, 4) is 5.75 Å². The molecule has 0 heterocycles. The van der Waals surface area contributed by atoms with Crippen molar-refractivity contribution in [1.82, 2.24) is 5.32 Å². The van der Waals surface area contributed by atoms with Crippen molar-refractivity contribution >= 4 is 29.9 Å². The van der Waals surface area contributed by atoms with Crippen molar-refractivity contribution in [2.24, 2.45) is 10.7 Å². The van der Waals surface area contributed by atoms with Crippen LogP contribution in [0.5, 0.6) is 5.75 Å². The first kappa shape index (κ1) is 17.0. The lowest BCUT2D eigenvalue weighted by molar-refractivity contribution is 0.208. The number of hydrogen-bond acceptors (Lipinski definition) is 3. The maximum Gasteiger partial charge on any atom is 0.188 e. The minimum absolute atomic E-state index is 0. The lowest BCUT2D eigenvalue weighted by Gasteiger charge is -2.07. The standard InChI is InChI=1S/C12H19N3O2.HI/c1-16-9-7-14-12(13)15-8-10-17-11-5-3-2-4-6-11;/h2-6H,7-10H2,1H3,(H3,13,14,15);1H. The van der Waals surface area contributed by atoms with Gasteiger partial charge in [-0.2, -0.15) is 0 Å². The number of halogens is 1. The molecule has 0 amide bonds. The van der Waals surface area contributed by atoms with E-state index in [1.165, 1.54) is 0 Å². The quantitative estimate of drug-likeness (QED) is 0.330. The predicted molar refractivity (Wildman–Crippen MR) is 83.7 cm³/mol. The van der Waals surface area contributed by atoms with Crippen LogP contribution in [0, 0.1) is 0 Å². The summed E-state index contributed by atoms with van der Waals surface area (Å²) >= 11 is 0. The van der Waals surface area contributed by atoms with E-state index in [1.54, 1.807) is 7.11 Å². The number of nitrogens with one attached hydrogen (secondary N) is 1. The molecule has 102 valence electrons. The van der Waals surface area contributed by atoms with Crippen molar-refractivity contribution in [3.63, 3.8) is 0 Å². The molecule has 0 fully saturated rings. The molecular formula is C12H20IN3O2. The third kappa shape index (κ3) is 8.13. The van der Waals surface area contributed by atoms with Gasteiger partial charge in [-0.05, 0) is 12.1 Å². The molecule has 6 heteroatoms. The van der Waals surface area contributed by atoms with Gasteiger partial charge in [0.1, 0.15) is 12.4 Å². The molecule has 0 aromatic heterocycles. The topological polar surface area (TPSA) is 68.9 Å². The number of hydrogen-bond donors (Lipinski definition) is 2. The van der Waals surface area contributed by atoms with Crippen molar-refractivity contribution < 1.29 is 9.47 Å². The molecular weight excluding hydrogens is 345 g/mol. The number of guanidine groups is 1. The van der Waals surface area contributed by atoms with Gasteiger partial charge in [-0.25, -0.2) is 0 Å². The third-order valence-electron chi connectivity index (χ3n) is 2.00. The monoisotopic (exact) mass is 365 g/mol. The van der Waals surface area contributed by atoms with Crippen LogP contribution in [0.2, 0.25) is 0 Å². The SMILES string of the molecule is COCCN=C(N)NCCOc1ccccc1.I. The van der Waals surface area contributed by atoms with Crippen molar-refractivity contribution in [3.05, 3.63) is 30.3 Å². The fourth-order valence-corrected chi connectivity index (χ4v) is 1.18. The second kappa shape index (κ2) is 11.1. The fourth-order valence-electron chi connectivity index (χ4n) is 1.18. The van der Waals surface area contributed by atoms with Gasteiger partial charge in [-0.15, -0.1) is 24.0 Å². The molecule has 3 N–H and O–H groups in total. The predicted octanol–water partition coefficient (Wildman–Crippen LogP) is 1.23. The summed E-state index contributed by atoms with van der Waals surface area (Å²) in [6, 6.07) is 9.64. The number of ether oxygens (including phenoxy) is 2. The van der Waals surface area contributed by atoms with Gasteiger partial charge in [0.25, 0.3) is 0 Å². The molecule has 0 spiro atoms. The van der Waals surface area contributed by atoms with E-state index in [0.29, 0.717) is 32.3 Å². The lowest BCUT2D eigenvalue weighted by Crippen LogP contribution is -2.35. The maximum atomic E-state index is 5.62. The Bertz CT molecular complexity index is 333. The summed E-state index contributed by atoms with van der Waals surface area (Å²) in [6.45, 7) is 2.31. The molecule has 0 saturated heterocycles. The highest BCUT2D eigenvalue weighted by atomic mass is 127. The summed E-state index contributed by atoms with van der Waals surface area (Å²) in [7, 11) is 1.63. The highest BCUT2D eigenvalue weighted by molar-refractivity contribution is 14.0. The van der Waals surface area contributed by atoms with Gasteiger partial charge in [0, 0.05) is 7.11 Å². The van der Waals surface area contributed by atoms with Crippen LogP contribution in [0.25, 0.3) is 0 Å². The summed E-state index contributed by atoms with van der Waals surface area (Å²) in [6.07, 6.45) is 0. The zero-order chi connectivity index (χ0) is 12.3. The molecule has 0 atom stereocenters. The van der Waals surface area contributed by atoms with E-state index in [9.17, 15) is 0 Å². The minimum Gasteiger partial charge on any atom is -0.492 e. The van der Waals surface area contributed by atoms with E-state index >= 15 is 0 Å². The Morgan fingerprint density at radius 3 is 2.67 bits per heavy atom. The third-order valence-corrected chi connectivity index (χ3v) is 2.00. The summed E-state index contributed by atoms with van der Waals surface area (Å²) in [5.41, 5.74) is 5.62. The second-order valence-corrected chi connectivity index (χ2v) is 3.35. The number of para-hydroxylation sites is 1. The Balaban J connectivity index is 0.00000289. The van der Waals surface area contributed by atoms with Crippen LogP contribution in [0.1, 0.15) is 0 Å². The molecule has 0 radical (unpaired) electrons. The molecule has 1 aromatic rings. The molecule has 0 aliphatic heterocycles. The normalized spacial score (nSPS) is 10.6. The van der Waals surface area contributed by atoms with Gasteiger partial charge in [0.05, 0.1) is 19.7 Å². The van der Waals surface area contributed by atoms with Crippen molar-refractivity contribution in [1.29, 1.82) is 0 Å². The molecule has 18 heavy (non-hydrogen) atoms. The second-order valence-electron chi connectivity index (χ2n) is 3.35. The minimum atomic E-state index is 0. The van der Waals surface area contributed by atoms with E-state index in [1.807, 2.05) is 30.3 Å². The first-order valence-corrected chi connectivity index (χ1v) is 5.53. The van der Waals surface area contributed by atoms with Crippen LogP contribution in [0.3, 0.4) is 0 Å². The average molecular weight is 365 g/mol. The zero-order valence-electron chi connectivity index (χ0n) is 10.5. The van der Waals surface area contributed by atoms with Gasteiger partial charge in [0.2, 0.25) is 0 Å². The van der Waals surface area contributed by atoms with Crippen LogP contribution >= 0.6 is 24.0 Å². The highest BCUT2D eigenvalue weighted by Gasteiger charge is 1.93. The van der Waals surface area contributed by atoms with Crippen LogP contribution in [0.15, 0.2) is 35.3 Å². The van der Waals surface area contributed by atoms with E-state index in [-0.39, 0.29) is 24.0 Å². The van der Waals surface area contributed by atoms with Crippen molar-refractivity contribution in [2.45, 2.75) is 0 Å². The van der Waals surface area contributed by atoms with Gasteiger partial charge in [-0.1, -0.05) is 18.2 Å². The average Bonchev–Trinajstić information content (AvgIpc) is 2.36. The molecule has 1 rings (SSSR count). The Morgan fingerprint density at radius 1 is 1.28 bits per heavy atom. The number of benzene rings is 1. The molecule has 1 aromatic carbocycles. The fraction of sp³-hybridized carbons (Fsp3) is 0.417. The number of aliphatic imine (C=N–C) groups is 1. The van der Waals surface area contributed by atoms with Gasteiger partial charge in [0.15, 0.2) is 5.96 Å².